The molecule has 0 spiro atoms. The van der Waals surface area contributed by atoms with E-state index in [9.17, 15) is 4.39 Å². The Kier molecular flexibility index (Phi) is 5.22. The van der Waals surface area contributed by atoms with E-state index in [-0.39, 0.29) is 11.4 Å². The van der Waals surface area contributed by atoms with E-state index in [1.165, 1.54) is 0 Å². The highest BCUT2D eigenvalue weighted by Crippen LogP contribution is 2.26. The van der Waals surface area contributed by atoms with Gasteiger partial charge < -0.3 is 10.2 Å². The van der Waals surface area contributed by atoms with Crippen molar-refractivity contribution in [3.63, 3.8) is 0 Å². The summed E-state index contributed by atoms with van der Waals surface area (Å²) in [6, 6.07) is 5.42. The molecular formula is C17H28FN3. The number of hydrogen-bond donors (Lipinski definition) is 1. The van der Waals surface area contributed by atoms with Crippen molar-refractivity contribution in [1.82, 2.24) is 10.2 Å². The number of halogens is 1. The second-order valence-electron chi connectivity index (χ2n) is 6.66. The van der Waals surface area contributed by atoms with E-state index in [1.807, 2.05) is 19.1 Å². The quantitative estimate of drug-likeness (QED) is 0.921. The maximum atomic E-state index is 14.1. The van der Waals surface area contributed by atoms with Gasteiger partial charge in [0.1, 0.15) is 5.82 Å². The largest absolute Gasteiger partial charge is 0.369 e. The normalized spacial score (nSPS) is 17.3. The second kappa shape index (κ2) is 6.75. The van der Waals surface area contributed by atoms with Crippen LogP contribution in [0.3, 0.4) is 0 Å². The molecule has 3 nitrogen and oxygen atoms in total. The molecule has 0 bridgehead atoms. The molecular weight excluding hydrogens is 265 g/mol. The molecule has 0 aromatic heterocycles. The van der Waals surface area contributed by atoms with Gasteiger partial charge in [0.05, 0.1) is 0 Å². The zero-order chi connectivity index (χ0) is 15.5. The fourth-order valence-corrected chi connectivity index (χ4v) is 2.89. The molecule has 0 amide bonds. The lowest BCUT2D eigenvalue weighted by Crippen LogP contribution is -2.53. The number of rotatable bonds is 4. The van der Waals surface area contributed by atoms with Gasteiger partial charge in [0.2, 0.25) is 0 Å². The van der Waals surface area contributed by atoms with Gasteiger partial charge in [0.15, 0.2) is 0 Å². The molecule has 2 rings (SSSR count). The molecule has 1 N–H and O–H groups in total. The van der Waals surface area contributed by atoms with E-state index in [0.717, 1.165) is 44.0 Å². The van der Waals surface area contributed by atoms with Gasteiger partial charge in [-0.25, -0.2) is 4.39 Å². The molecule has 0 aliphatic carbocycles. The summed E-state index contributed by atoms with van der Waals surface area (Å²) in [5.41, 5.74) is 2.05. The summed E-state index contributed by atoms with van der Waals surface area (Å²) in [6.45, 7) is 14.2. The van der Waals surface area contributed by atoms with Crippen LogP contribution in [0.5, 0.6) is 0 Å². The Bertz CT molecular complexity index is 460. The van der Waals surface area contributed by atoms with Crippen LogP contribution in [-0.2, 0) is 6.54 Å². The van der Waals surface area contributed by atoms with Crippen LogP contribution in [0, 0.1) is 5.82 Å². The molecule has 1 saturated heterocycles. The third kappa shape index (κ3) is 3.95. The minimum atomic E-state index is -0.105. The average Bonchev–Trinajstić information content (AvgIpc) is 2.45. The van der Waals surface area contributed by atoms with Gasteiger partial charge in [0, 0.05) is 49.5 Å². The fourth-order valence-electron chi connectivity index (χ4n) is 2.89. The Morgan fingerprint density at radius 1 is 1.14 bits per heavy atom. The van der Waals surface area contributed by atoms with Crippen molar-refractivity contribution in [1.29, 1.82) is 0 Å². The Labute approximate surface area is 128 Å². The van der Waals surface area contributed by atoms with Crippen molar-refractivity contribution < 1.29 is 4.39 Å². The first-order chi connectivity index (χ1) is 9.93. The first-order valence-electron chi connectivity index (χ1n) is 7.91. The number of nitrogens with one attached hydrogen (secondary N) is 1. The van der Waals surface area contributed by atoms with Crippen molar-refractivity contribution in [3.05, 3.63) is 29.6 Å². The van der Waals surface area contributed by atoms with Gasteiger partial charge in [-0.05, 0) is 39.4 Å². The molecule has 0 atom stereocenters. The van der Waals surface area contributed by atoms with E-state index in [1.54, 1.807) is 6.07 Å². The number of anilines is 1. The number of nitrogens with zero attached hydrogens (tertiary/aromatic N) is 2. The monoisotopic (exact) mass is 293 g/mol. The number of benzene rings is 1. The summed E-state index contributed by atoms with van der Waals surface area (Å²) < 4.78 is 14.1. The lowest BCUT2D eigenvalue weighted by atomic mass is 10.0. The van der Waals surface area contributed by atoms with E-state index in [2.05, 4.69) is 35.9 Å². The summed E-state index contributed by atoms with van der Waals surface area (Å²) in [5.74, 6) is -0.105. The topological polar surface area (TPSA) is 18.5 Å². The van der Waals surface area contributed by atoms with Crippen molar-refractivity contribution >= 4 is 5.69 Å². The predicted molar refractivity (Wildman–Crippen MR) is 87.3 cm³/mol. The van der Waals surface area contributed by atoms with Crippen LogP contribution < -0.4 is 10.2 Å². The molecule has 0 radical (unpaired) electrons. The third-order valence-electron chi connectivity index (χ3n) is 4.21. The van der Waals surface area contributed by atoms with Gasteiger partial charge in [-0.15, -0.1) is 0 Å². The fraction of sp³-hybridized carbons (Fsp3) is 0.647. The number of hydrogen-bond acceptors (Lipinski definition) is 3. The molecule has 118 valence electrons. The molecule has 1 heterocycles. The maximum Gasteiger partial charge on any atom is 0.129 e. The van der Waals surface area contributed by atoms with Crippen LogP contribution in [0.4, 0.5) is 10.1 Å². The smallest absolute Gasteiger partial charge is 0.129 e. The van der Waals surface area contributed by atoms with Crippen LogP contribution >= 0.6 is 0 Å². The zero-order valence-electron chi connectivity index (χ0n) is 13.7. The summed E-state index contributed by atoms with van der Waals surface area (Å²) in [5, 5.41) is 3.24. The van der Waals surface area contributed by atoms with Crippen LogP contribution in [0.1, 0.15) is 33.3 Å². The van der Waals surface area contributed by atoms with Gasteiger partial charge in [-0.1, -0.05) is 13.0 Å². The van der Waals surface area contributed by atoms with E-state index < -0.39 is 0 Å². The molecule has 0 unspecified atom stereocenters. The summed E-state index contributed by atoms with van der Waals surface area (Å²) >= 11 is 0. The lowest BCUT2D eigenvalue weighted by molar-refractivity contribution is 0.128. The van der Waals surface area contributed by atoms with Gasteiger partial charge in [-0.3, -0.25) is 4.90 Å². The van der Waals surface area contributed by atoms with Crippen LogP contribution in [0.15, 0.2) is 18.2 Å². The zero-order valence-corrected chi connectivity index (χ0v) is 13.7. The minimum absolute atomic E-state index is 0.105. The van der Waals surface area contributed by atoms with Crippen molar-refractivity contribution in [2.24, 2.45) is 0 Å². The highest BCUT2D eigenvalue weighted by Gasteiger charge is 2.26. The van der Waals surface area contributed by atoms with Crippen LogP contribution in [0.2, 0.25) is 0 Å². The summed E-state index contributed by atoms with van der Waals surface area (Å²) in [6.07, 6.45) is 0. The Hall–Kier alpha value is -1.13. The van der Waals surface area contributed by atoms with E-state index in [4.69, 9.17) is 0 Å². The Morgan fingerprint density at radius 3 is 2.38 bits per heavy atom. The van der Waals surface area contributed by atoms with Gasteiger partial charge in [-0.2, -0.15) is 0 Å². The van der Waals surface area contributed by atoms with Crippen LogP contribution in [-0.4, -0.2) is 43.2 Å². The van der Waals surface area contributed by atoms with Crippen molar-refractivity contribution in [3.8, 4) is 0 Å². The first kappa shape index (κ1) is 16.2. The molecule has 0 saturated carbocycles. The summed E-state index contributed by atoms with van der Waals surface area (Å²) in [4.78, 5) is 4.81. The lowest BCUT2D eigenvalue weighted by Gasteiger charge is -2.43. The third-order valence-corrected chi connectivity index (χ3v) is 4.21. The van der Waals surface area contributed by atoms with Crippen molar-refractivity contribution in [2.45, 2.75) is 39.8 Å². The van der Waals surface area contributed by atoms with E-state index in [0.29, 0.717) is 6.54 Å². The molecule has 4 heteroatoms. The Morgan fingerprint density at radius 2 is 1.81 bits per heavy atom. The summed E-state index contributed by atoms with van der Waals surface area (Å²) in [7, 11) is 0. The minimum Gasteiger partial charge on any atom is -0.369 e. The average molecular weight is 293 g/mol. The molecule has 1 aromatic rings. The highest BCUT2D eigenvalue weighted by molar-refractivity contribution is 5.54. The molecule has 1 fully saturated rings. The Balaban J connectivity index is 2.11. The number of piperazine rings is 1. The molecule has 1 aliphatic rings. The second-order valence-corrected chi connectivity index (χ2v) is 6.66. The first-order valence-corrected chi connectivity index (χ1v) is 7.91. The maximum absolute atomic E-state index is 14.1. The standard InChI is InChI=1S/C17H28FN3/c1-5-19-13-14-15(18)7-6-8-16(14)20-9-11-21(12-10-20)17(2,3)4/h6-8,19H,5,9-13H2,1-4H3. The highest BCUT2D eigenvalue weighted by atomic mass is 19.1. The molecule has 1 aliphatic heterocycles. The SMILES string of the molecule is CCNCc1c(F)cccc1N1CCN(C(C)(C)C)CC1. The molecule has 1 aromatic carbocycles. The van der Waals surface area contributed by atoms with Crippen molar-refractivity contribution in [2.75, 3.05) is 37.6 Å². The van der Waals surface area contributed by atoms with Gasteiger partial charge >= 0.3 is 0 Å². The van der Waals surface area contributed by atoms with Gasteiger partial charge in [0.25, 0.3) is 0 Å². The van der Waals surface area contributed by atoms with Crippen LogP contribution in [0.25, 0.3) is 0 Å². The van der Waals surface area contributed by atoms with E-state index >= 15 is 0 Å². The predicted octanol–water partition coefficient (Wildman–Crippen LogP) is 2.86. The molecule has 21 heavy (non-hydrogen) atoms.